The number of rotatable bonds is 9. The standard InChI is InChI=1S/C43H53N7O6/c1-23(2)20-49(42(53)56-43(6,7)8)21-36-44-19-33(45-36)27-11-13-29-28(16-27)22-55-35-18-30-26(17-31(29)35)12-14-32-38(30)47-39(46-32)34-15-10-25(5)50(34)40(51)37(24(3)4)48-41(52)54-9/h11-14,16-19,23-25,34,37H,10,15,20-22H2,1-9H3,(H,44,45)(H,46,47)(H,48,52)/t25-,34-,37-/m0/s1. The van der Waals surface area contributed by atoms with E-state index in [0.717, 1.165) is 74.2 Å². The van der Waals surface area contributed by atoms with Gasteiger partial charge in [-0.15, -0.1) is 0 Å². The number of fused-ring (bicyclic) bond motifs is 6. The number of aromatic nitrogens is 4. The first kappa shape index (κ1) is 38.7. The molecule has 2 aliphatic rings. The number of likely N-dealkylation sites (tertiary alicyclic amines) is 1. The molecule has 3 N–H and O–H groups in total. The number of H-pyrrole nitrogens is 2. The van der Waals surface area contributed by atoms with Gasteiger partial charge in [0.25, 0.3) is 0 Å². The van der Waals surface area contributed by atoms with Crippen LogP contribution < -0.4 is 10.1 Å². The Morgan fingerprint density at radius 1 is 1.04 bits per heavy atom. The zero-order chi connectivity index (χ0) is 40.1. The maximum absolute atomic E-state index is 13.9. The third-order valence-electron chi connectivity index (χ3n) is 10.5. The lowest BCUT2D eigenvalue weighted by Gasteiger charge is -2.32. The smallest absolute Gasteiger partial charge is 0.410 e. The fourth-order valence-electron chi connectivity index (χ4n) is 7.86. The minimum absolute atomic E-state index is 0.0151. The second-order valence-corrected chi connectivity index (χ2v) is 16.9. The Hall–Kier alpha value is -5.59. The predicted octanol–water partition coefficient (Wildman–Crippen LogP) is 8.49. The molecule has 2 aromatic heterocycles. The molecule has 0 aliphatic carbocycles. The molecule has 13 heteroatoms. The lowest BCUT2D eigenvalue weighted by molar-refractivity contribution is -0.137. The number of aromatic amines is 2. The van der Waals surface area contributed by atoms with E-state index in [1.807, 2.05) is 52.5 Å². The summed E-state index contributed by atoms with van der Waals surface area (Å²) in [7, 11) is 1.30. The van der Waals surface area contributed by atoms with Gasteiger partial charge >= 0.3 is 12.2 Å². The normalized spacial score (nSPS) is 17.2. The molecule has 0 unspecified atom stereocenters. The van der Waals surface area contributed by atoms with Crippen LogP contribution in [0.1, 0.15) is 91.5 Å². The summed E-state index contributed by atoms with van der Waals surface area (Å²) in [6.07, 6.45) is 2.40. The molecule has 3 amide bonds. The van der Waals surface area contributed by atoms with Crippen molar-refractivity contribution in [2.24, 2.45) is 11.8 Å². The van der Waals surface area contributed by atoms with Gasteiger partial charge in [0.05, 0.1) is 42.6 Å². The van der Waals surface area contributed by atoms with E-state index in [-0.39, 0.29) is 35.9 Å². The zero-order valence-electron chi connectivity index (χ0n) is 33.8. The first-order chi connectivity index (χ1) is 26.6. The van der Waals surface area contributed by atoms with Crippen molar-refractivity contribution in [2.45, 2.75) is 105 Å². The van der Waals surface area contributed by atoms with Gasteiger partial charge in [0.15, 0.2) is 0 Å². The van der Waals surface area contributed by atoms with Gasteiger partial charge < -0.3 is 39.3 Å². The van der Waals surface area contributed by atoms with Crippen molar-refractivity contribution in [1.82, 2.24) is 35.1 Å². The van der Waals surface area contributed by atoms with E-state index in [1.165, 1.54) is 7.11 Å². The van der Waals surface area contributed by atoms with E-state index in [2.05, 4.69) is 70.5 Å². The fourth-order valence-corrected chi connectivity index (χ4v) is 7.86. The Kier molecular flexibility index (Phi) is 10.5. The first-order valence-corrected chi connectivity index (χ1v) is 19.5. The molecule has 1 fully saturated rings. The summed E-state index contributed by atoms with van der Waals surface area (Å²) in [6.45, 7) is 16.9. The SMILES string of the molecule is COC(=O)N[C@H](C(=O)N1[C@@H](C)CC[C@H]1c1nc2c(ccc3cc4c(cc32)OCc2cc(-c3cnc(CN(CC(C)C)C(=O)OC(C)(C)C)[nH]3)ccc2-4)[nH]1)C(C)C. The lowest BCUT2D eigenvalue weighted by Crippen LogP contribution is -2.52. The molecule has 2 aliphatic heterocycles. The number of nitrogens with zero attached hydrogens (tertiary/aromatic N) is 4. The van der Waals surface area contributed by atoms with Crippen LogP contribution in [-0.2, 0) is 27.4 Å². The van der Waals surface area contributed by atoms with Gasteiger partial charge in [-0.3, -0.25) is 4.79 Å². The Bertz CT molecular complexity index is 2290. The molecular weight excluding hydrogens is 711 g/mol. The number of benzene rings is 3. The molecule has 7 rings (SSSR count). The third-order valence-corrected chi connectivity index (χ3v) is 10.5. The molecule has 3 aromatic carbocycles. The molecule has 1 saturated heterocycles. The maximum atomic E-state index is 13.9. The Morgan fingerprint density at radius 3 is 2.54 bits per heavy atom. The van der Waals surface area contributed by atoms with Crippen LogP contribution in [0.2, 0.25) is 0 Å². The van der Waals surface area contributed by atoms with E-state index in [4.69, 9.17) is 19.2 Å². The number of carbonyl (C=O) groups is 3. The second kappa shape index (κ2) is 15.2. The minimum atomic E-state index is -0.716. The summed E-state index contributed by atoms with van der Waals surface area (Å²) in [4.78, 5) is 59.2. The predicted molar refractivity (Wildman–Crippen MR) is 215 cm³/mol. The fraction of sp³-hybridized carbons (Fsp3) is 0.465. The monoisotopic (exact) mass is 763 g/mol. The van der Waals surface area contributed by atoms with Crippen LogP contribution in [0.15, 0.2) is 48.7 Å². The molecule has 0 saturated carbocycles. The van der Waals surface area contributed by atoms with Crippen molar-refractivity contribution in [2.75, 3.05) is 13.7 Å². The number of methoxy groups -OCH3 is 1. The average molecular weight is 764 g/mol. The number of ether oxygens (including phenoxy) is 3. The van der Waals surface area contributed by atoms with Crippen LogP contribution >= 0.6 is 0 Å². The van der Waals surface area contributed by atoms with Crippen molar-refractivity contribution in [3.05, 3.63) is 65.9 Å². The van der Waals surface area contributed by atoms with Crippen LogP contribution in [0.4, 0.5) is 9.59 Å². The lowest BCUT2D eigenvalue weighted by atomic mass is 9.92. The van der Waals surface area contributed by atoms with E-state index >= 15 is 0 Å². The van der Waals surface area contributed by atoms with E-state index in [9.17, 15) is 14.4 Å². The molecule has 4 heterocycles. The highest BCUT2D eigenvalue weighted by Gasteiger charge is 2.41. The number of carbonyl (C=O) groups excluding carboxylic acids is 3. The van der Waals surface area contributed by atoms with E-state index in [1.54, 1.807) is 11.1 Å². The highest BCUT2D eigenvalue weighted by atomic mass is 16.6. The van der Waals surface area contributed by atoms with Gasteiger partial charge in [0.2, 0.25) is 5.91 Å². The quantitative estimate of drug-likeness (QED) is 0.135. The molecule has 13 nitrogen and oxygen atoms in total. The van der Waals surface area contributed by atoms with Crippen LogP contribution in [0.5, 0.6) is 5.75 Å². The number of nitrogens with one attached hydrogen (secondary N) is 3. The largest absolute Gasteiger partial charge is 0.488 e. The molecule has 0 bridgehead atoms. The van der Waals surface area contributed by atoms with E-state index < -0.39 is 17.7 Å². The summed E-state index contributed by atoms with van der Waals surface area (Å²) < 4.78 is 16.9. The Morgan fingerprint density at radius 2 is 1.82 bits per heavy atom. The molecule has 56 heavy (non-hydrogen) atoms. The highest BCUT2D eigenvalue weighted by molar-refractivity contribution is 6.07. The maximum Gasteiger partial charge on any atom is 0.410 e. The second-order valence-electron chi connectivity index (χ2n) is 16.9. The third kappa shape index (κ3) is 7.76. The number of hydrogen-bond donors (Lipinski definition) is 3. The van der Waals surface area contributed by atoms with Crippen molar-refractivity contribution in [3.63, 3.8) is 0 Å². The molecule has 0 radical (unpaired) electrons. The van der Waals surface area contributed by atoms with Gasteiger partial charge in [-0.25, -0.2) is 19.6 Å². The molecule has 0 spiro atoms. The van der Waals surface area contributed by atoms with Crippen molar-refractivity contribution < 1.29 is 28.6 Å². The van der Waals surface area contributed by atoms with E-state index in [0.29, 0.717) is 25.5 Å². The van der Waals surface area contributed by atoms with Crippen molar-refractivity contribution >= 4 is 39.9 Å². The van der Waals surface area contributed by atoms with Crippen molar-refractivity contribution in [3.8, 4) is 28.1 Å². The molecule has 5 aromatic rings. The summed E-state index contributed by atoms with van der Waals surface area (Å²) >= 11 is 0. The Labute approximate surface area is 327 Å². The van der Waals surface area contributed by atoms with Gasteiger partial charge in [-0.05, 0) is 98.7 Å². The van der Waals surface area contributed by atoms with Crippen LogP contribution in [0.25, 0.3) is 44.2 Å². The summed E-state index contributed by atoms with van der Waals surface area (Å²) in [5.74, 6) is 2.19. The Balaban J connectivity index is 1.14. The number of hydrogen-bond acceptors (Lipinski definition) is 8. The topological polar surface area (TPSA) is 155 Å². The van der Waals surface area contributed by atoms with Gasteiger partial charge in [-0.2, -0.15) is 0 Å². The molecule has 296 valence electrons. The van der Waals surface area contributed by atoms with Crippen LogP contribution in [-0.4, -0.2) is 79.2 Å². The van der Waals surface area contributed by atoms with Gasteiger partial charge in [0, 0.05) is 23.5 Å². The minimum Gasteiger partial charge on any atom is -0.488 e. The summed E-state index contributed by atoms with van der Waals surface area (Å²) in [6, 6.07) is 13.7. The molecular formula is C43H53N7O6. The van der Waals surface area contributed by atoms with Crippen LogP contribution in [0.3, 0.4) is 0 Å². The van der Waals surface area contributed by atoms with Gasteiger partial charge in [0.1, 0.15) is 35.6 Å². The first-order valence-electron chi connectivity index (χ1n) is 19.5. The molecule has 3 atom stereocenters. The highest BCUT2D eigenvalue weighted by Crippen LogP contribution is 2.43. The summed E-state index contributed by atoms with van der Waals surface area (Å²) in [5, 5.41) is 4.73. The summed E-state index contributed by atoms with van der Waals surface area (Å²) in [5.41, 5.74) is 6.11. The van der Waals surface area contributed by atoms with Gasteiger partial charge in [-0.1, -0.05) is 45.9 Å². The number of amides is 3. The van der Waals surface area contributed by atoms with Crippen molar-refractivity contribution in [1.29, 1.82) is 0 Å². The van der Waals surface area contributed by atoms with Crippen LogP contribution in [0, 0.1) is 11.8 Å². The number of imidazole rings is 2. The zero-order valence-corrected chi connectivity index (χ0v) is 33.8. The average Bonchev–Trinajstić information content (AvgIpc) is 3.89. The number of alkyl carbamates (subject to hydrolysis) is 1.